The maximum Gasteiger partial charge on any atom is 0.276 e. The first-order valence-corrected chi connectivity index (χ1v) is 7.56. The Kier molecular flexibility index (Phi) is 5.94. The second kappa shape index (κ2) is 8.14. The van der Waals surface area contributed by atoms with Crippen LogP contribution in [0.1, 0.15) is 11.1 Å². The number of carbonyl (C=O) groups is 1. The minimum atomic E-state index is -0.319. The molecule has 0 saturated heterocycles. The maximum atomic E-state index is 11.7. The third kappa shape index (κ3) is 5.60. The zero-order valence-corrected chi connectivity index (χ0v) is 13.9. The zero-order valence-electron chi connectivity index (χ0n) is 13.1. The number of hydrogen-bond donors (Lipinski definition) is 3. The van der Waals surface area contributed by atoms with Gasteiger partial charge in [-0.15, -0.1) is 0 Å². The Bertz CT molecular complexity index is 689. The van der Waals surface area contributed by atoms with Gasteiger partial charge in [0.2, 0.25) is 0 Å². The van der Waals surface area contributed by atoms with Gasteiger partial charge in [-0.25, -0.2) is 0 Å². The van der Waals surface area contributed by atoms with Crippen molar-refractivity contribution in [1.29, 1.82) is 0 Å². The monoisotopic (exact) mass is 329 g/mol. The van der Waals surface area contributed by atoms with Crippen molar-refractivity contribution < 1.29 is 9.53 Å². The van der Waals surface area contributed by atoms with Crippen LogP contribution in [0.25, 0.3) is 0 Å². The molecule has 0 aliphatic rings. The van der Waals surface area contributed by atoms with Crippen LogP contribution in [0.5, 0.6) is 5.75 Å². The number of para-hydroxylation sites is 1. The molecule has 0 heterocycles. The van der Waals surface area contributed by atoms with Gasteiger partial charge in [-0.05, 0) is 61.5 Å². The SMILES string of the molecule is Cc1ccc(OCC(=O)NNC(=S)Nc2ccccc2)cc1C. The topological polar surface area (TPSA) is 62.4 Å². The molecule has 2 aromatic rings. The number of thiocarbonyl (C=S) groups is 1. The first kappa shape index (κ1) is 16.8. The lowest BCUT2D eigenvalue weighted by Gasteiger charge is -2.12. The molecule has 3 N–H and O–H groups in total. The highest BCUT2D eigenvalue weighted by atomic mass is 32.1. The molecule has 5 nitrogen and oxygen atoms in total. The van der Waals surface area contributed by atoms with E-state index >= 15 is 0 Å². The molecule has 0 spiro atoms. The standard InChI is InChI=1S/C17H19N3O2S/c1-12-8-9-15(10-13(12)2)22-11-16(21)19-20-17(23)18-14-6-4-3-5-7-14/h3-10H,11H2,1-2H3,(H,19,21)(H2,18,20,23). The van der Waals surface area contributed by atoms with Gasteiger partial charge in [0.15, 0.2) is 11.7 Å². The van der Waals surface area contributed by atoms with E-state index in [4.69, 9.17) is 17.0 Å². The smallest absolute Gasteiger partial charge is 0.276 e. The molecule has 0 bridgehead atoms. The van der Waals surface area contributed by atoms with Crippen molar-refractivity contribution in [3.63, 3.8) is 0 Å². The van der Waals surface area contributed by atoms with Crippen molar-refractivity contribution in [1.82, 2.24) is 10.9 Å². The Labute approximate surface area is 141 Å². The van der Waals surface area contributed by atoms with E-state index in [1.54, 1.807) is 0 Å². The quantitative estimate of drug-likeness (QED) is 0.595. The predicted octanol–water partition coefficient (Wildman–Crippen LogP) is 2.70. The third-order valence-electron chi connectivity index (χ3n) is 3.20. The normalized spacial score (nSPS) is 9.83. The lowest BCUT2D eigenvalue weighted by atomic mass is 10.1. The van der Waals surface area contributed by atoms with Crippen LogP contribution in [-0.2, 0) is 4.79 Å². The minimum absolute atomic E-state index is 0.0938. The number of carbonyl (C=O) groups excluding carboxylic acids is 1. The van der Waals surface area contributed by atoms with Crippen molar-refractivity contribution in [3.8, 4) is 5.75 Å². The van der Waals surface area contributed by atoms with Crippen LogP contribution in [-0.4, -0.2) is 17.6 Å². The maximum absolute atomic E-state index is 11.7. The minimum Gasteiger partial charge on any atom is -0.484 e. The van der Waals surface area contributed by atoms with Gasteiger partial charge in [0.25, 0.3) is 5.91 Å². The summed E-state index contributed by atoms with van der Waals surface area (Å²) in [5.74, 6) is 0.341. The Morgan fingerprint density at radius 3 is 2.48 bits per heavy atom. The van der Waals surface area contributed by atoms with Crippen LogP contribution in [0.4, 0.5) is 5.69 Å². The van der Waals surface area contributed by atoms with E-state index in [1.165, 1.54) is 5.56 Å². The highest BCUT2D eigenvalue weighted by molar-refractivity contribution is 7.80. The van der Waals surface area contributed by atoms with Crippen LogP contribution < -0.4 is 20.9 Å². The van der Waals surface area contributed by atoms with Crippen LogP contribution >= 0.6 is 12.2 Å². The molecule has 0 aliphatic heterocycles. The van der Waals surface area contributed by atoms with Crippen LogP contribution in [0, 0.1) is 13.8 Å². The average Bonchev–Trinajstić information content (AvgIpc) is 2.55. The summed E-state index contributed by atoms with van der Waals surface area (Å²) in [7, 11) is 0. The van der Waals surface area contributed by atoms with E-state index in [9.17, 15) is 4.79 Å². The van der Waals surface area contributed by atoms with E-state index in [0.29, 0.717) is 10.9 Å². The number of amides is 1. The summed E-state index contributed by atoms with van der Waals surface area (Å²) in [5, 5.41) is 3.25. The Morgan fingerprint density at radius 1 is 1.04 bits per heavy atom. The van der Waals surface area contributed by atoms with E-state index in [0.717, 1.165) is 11.3 Å². The average molecular weight is 329 g/mol. The van der Waals surface area contributed by atoms with E-state index in [2.05, 4.69) is 16.2 Å². The largest absolute Gasteiger partial charge is 0.484 e. The molecule has 120 valence electrons. The van der Waals surface area contributed by atoms with E-state index in [1.807, 2.05) is 62.4 Å². The molecule has 2 rings (SSSR count). The van der Waals surface area contributed by atoms with E-state index in [-0.39, 0.29) is 12.5 Å². The number of hydrogen-bond acceptors (Lipinski definition) is 3. The van der Waals surface area contributed by atoms with Crippen molar-refractivity contribution >= 4 is 28.9 Å². The van der Waals surface area contributed by atoms with Gasteiger partial charge in [0.1, 0.15) is 5.75 Å². The molecule has 6 heteroatoms. The molecule has 0 aliphatic carbocycles. The van der Waals surface area contributed by atoms with Crippen molar-refractivity contribution in [2.45, 2.75) is 13.8 Å². The van der Waals surface area contributed by atoms with Crippen LogP contribution in [0.15, 0.2) is 48.5 Å². The van der Waals surface area contributed by atoms with Gasteiger partial charge in [-0.2, -0.15) is 0 Å². The highest BCUT2D eigenvalue weighted by Gasteiger charge is 2.04. The fourth-order valence-electron chi connectivity index (χ4n) is 1.80. The van der Waals surface area contributed by atoms with Gasteiger partial charge >= 0.3 is 0 Å². The number of anilines is 1. The zero-order chi connectivity index (χ0) is 16.7. The van der Waals surface area contributed by atoms with Crippen molar-refractivity contribution in [3.05, 3.63) is 59.7 Å². The van der Waals surface area contributed by atoms with Gasteiger partial charge in [-0.1, -0.05) is 24.3 Å². The summed E-state index contributed by atoms with van der Waals surface area (Å²) >= 11 is 5.09. The molecule has 23 heavy (non-hydrogen) atoms. The number of aryl methyl sites for hydroxylation is 2. The molecule has 0 radical (unpaired) electrons. The van der Waals surface area contributed by atoms with Gasteiger partial charge in [0.05, 0.1) is 0 Å². The first-order chi connectivity index (χ1) is 11.0. The molecular weight excluding hydrogens is 310 g/mol. The highest BCUT2D eigenvalue weighted by Crippen LogP contribution is 2.16. The fraction of sp³-hybridized carbons (Fsp3) is 0.176. The summed E-state index contributed by atoms with van der Waals surface area (Å²) in [6.45, 7) is 3.93. The van der Waals surface area contributed by atoms with E-state index < -0.39 is 0 Å². The molecule has 0 unspecified atom stereocenters. The molecule has 1 amide bonds. The number of hydrazine groups is 1. The lowest BCUT2D eigenvalue weighted by molar-refractivity contribution is -0.123. The summed E-state index contributed by atoms with van der Waals surface area (Å²) in [4.78, 5) is 11.7. The second-order valence-electron chi connectivity index (χ2n) is 5.03. The number of ether oxygens (including phenoxy) is 1. The molecule has 0 atom stereocenters. The van der Waals surface area contributed by atoms with Crippen molar-refractivity contribution in [2.24, 2.45) is 0 Å². The molecule has 0 saturated carbocycles. The van der Waals surface area contributed by atoms with Gasteiger partial charge in [-0.3, -0.25) is 15.6 Å². The number of benzene rings is 2. The molecule has 0 fully saturated rings. The molecule has 2 aromatic carbocycles. The fourth-order valence-corrected chi connectivity index (χ4v) is 1.97. The summed E-state index contributed by atoms with van der Waals surface area (Å²) < 4.78 is 5.44. The van der Waals surface area contributed by atoms with Gasteiger partial charge in [0, 0.05) is 5.69 Å². The Hall–Kier alpha value is -2.60. The second-order valence-corrected chi connectivity index (χ2v) is 5.44. The van der Waals surface area contributed by atoms with Crippen LogP contribution in [0.3, 0.4) is 0 Å². The molecule has 0 aromatic heterocycles. The molecular formula is C17H19N3O2S. The predicted molar refractivity (Wildman–Crippen MR) is 95.4 cm³/mol. The third-order valence-corrected chi connectivity index (χ3v) is 3.40. The first-order valence-electron chi connectivity index (χ1n) is 7.15. The number of rotatable bonds is 4. The lowest BCUT2D eigenvalue weighted by Crippen LogP contribution is -2.45. The summed E-state index contributed by atoms with van der Waals surface area (Å²) in [6.07, 6.45) is 0. The van der Waals surface area contributed by atoms with Crippen molar-refractivity contribution in [2.75, 3.05) is 11.9 Å². The number of nitrogens with one attached hydrogen (secondary N) is 3. The van der Waals surface area contributed by atoms with Gasteiger partial charge < -0.3 is 10.1 Å². The Balaban J connectivity index is 1.72. The summed E-state index contributed by atoms with van der Waals surface area (Å²) in [6, 6.07) is 15.1. The summed E-state index contributed by atoms with van der Waals surface area (Å²) in [5.41, 5.74) is 8.25. The van der Waals surface area contributed by atoms with Crippen LogP contribution in [0.2, 0.25) is 0 Å². The Morgan fingerprint density at radius 2 is 1.78 bits per heavy atom.